The van der Waals surface area contributed by atoms with E-state index in [1.165, 1.54) is 25.5 Å². The third-order valence-corrected chi connectivity index (χ3v) is 4.78. The lowest BCUT2D eigenvalue weighted by molar-refractivity contribution is -0.141. The van der Waals surface area contributed by atoms with E-state index in [1.54, 1.807) is 0 Å². The lowest BCUT2D eigenvalue weighted by atomic mass is 9.47. The average Bonchev–Trinajstić information content (AvgIpc) is 2.28. The number of hydrogen-bond acceptors (Lipinski definition) is 2. The molecule has 0 spiro atoms. The molecule has 3 aliphatic carbocycles. The molecule has 0 aromatic carbocycles. The molecule has 2 heteroatoms. The summed E-state index contributed by atoms with van der Waals surface area (Å²) in [5, 5.41) is 0. The van der Waals surface area contributed by atoms with Crippen molar-refractivity contribution in [3.05, 3.63) is 11.6 Å². The Morgan fingerprint density at radius 2 is 2.31 bits per heavy atom. The quantitative estimate of drug-likeness (QED) is 0.541. The smallest absolute Gasteiger partial charge is 0.306 e. The monoisotopic (exact) mass is 222 g/mol. The van der Waals surface area contributed by atoms with Crippen LogP contribution in [0.4, 0.5) is 0 Å². The Kier molecular flexibility index (Phi) is 2.85. The van der Waals surface area contributed by atoms with Gasteiger partial charge in [0.1, 0.15) is 0 Å². The molecule has 0 N–H and O–H groups in total. The fourth-order valence-corrected chi connectivity index (χ4v) is 3.40. The minimum absolute atomic E-state index is 0.0901. The molecule has 3 atom stereocenters. The maximum absolute atomic E-state index is 11.3. The first-order valence-corrected chi connectivity index (χ1v) is 6.23. The van der Waals surface area contributed by atoms with Crippen molar-refractivity contribution in [2.24, 2.45) is 23.2 Å². The summed E-state index contributed by atoms with van der Waals surface area (Å²) in [7, 11) is 1.47. The highest BCUT2D eigenvalue weighted by molar-refractivity contribution is 5.70. The molecule has 1 fully saturated rings. The second kappa shape index (κ2) is 3.90. The molecule has 90 valence electrons. The average molecular weight is 222 g/mol. The maximum atomic E-state index is 11.3. The Morgan fingerprint density at radius 1 is 1.62 bits per heavy atom. The largest absolute Gasteiger partial charge is 0.469 e. The number of ether oxygens (including phenoxy) is 1. The summed E-state index contributed by atoms with van der Waals surface area (Å²) in [6.07, 6.45) is 5.42. The Hall–Kier alpha value is -0.790. The minimum atomic E-state index is -0.0901. The van der Waals surface area contributed by atoms with Crippen molar-refractivity contribution in [3.8, 4) is 0 Å². The van der Waals surface area contributed by atoms with Gasteiger partial charge in [0.15, 0.2) is 0 Å². The van der Waals surface area contributed by atoms with Crippen LogP contribution >= 0.6 is 0 Å². The molecule has 3 aliphatic rings. The number of methoxy groups -OCH3 is 1. The van der Waals surface area contributed by atoms with Crippen LogP contribution in [-0.4, -0.2) is 13.1 Å². The molecule has 0 aromatic heterocycles. The Labute approximate surface area is 98.1 Å². The molecule has 0 aliphatic heterocycles. The number of esters is 1. The number of carbonyl (C=O) groups is 1. The molecule has 16 heavy (non-hydrogen) atoms. The molecule has 0 aromatic rings. The predicted octanol–water partition coefficient (Wildman–Crippen LogP) is 3.18. The van der Waals surface area contributed by atoms with Crippen LogP contribution in [0.3, 0.4) is 0 Å². The van der Waals surface area contributed by atoms with Gasteiger partial charge in [-0.2, -0.15) is 0 Å². The van der Waals surface area contributed by atoms with Gasteiger partial charge < -0.3 is 4.74 Å². The molecule has 3 rings (SSSR count). The van der Waals surface area contributed by atoms with Crippen molar-refractivity contribution in [1.29, 1.82) is 0 Å². The lowest BCUT2D eigenvalue weighted by Crippen LogP contribution is -2.49. The summed E-state index contributed by atoms with van der Waals surface area (Å²) in [6, 6.07) is 0. The van der Waals surface area contributed by atoms with Crippen LogP contribution in [-0.2, 0) is 9.53 Å². The van der Waals surface area contributed by atoms with E-state index < -0.39 is 0 Å². The molecule has 2 bridgehead atoms. The van der Waals surface area contributed by atoms with E-state index in [-0.39, 0.29) is 5.97 Å². The zero-order valence-electron chi connectivity index (χ0n) is 10.7. The van der Waals surface area contributed by atoms with Crippen LogP contribution in [0.2, 0.25) is 0 Å². The van der Waals surface area contributed by atoms with Crippen molar-refractivity contribution >= 4 is 5.97 Å². The summed E-state index contributed by atoms with van der Waals surface area (Å²) in [4.78, 5) is 11.3. The fourth-order valence-electron chi connectivity index (χ4n) is 3.40. The second-order valence-electron chi connectivity index (χ2n) is 5.93. The van der Waals surface area contributed by atoms with Crippen LogP contribution < -0.4 is 0 Å². The Morgan fingerprint density at radius 3 is 2.81 bits per heavy atom. The SMILES string of the molecule is COC(=O)C[C@H](C)C1=CC[C@H]2C[C@@H]1C2(C)C. The standard InChI is InChI=1S/C14H22O2/c1-9(7-13(15)16-4)11-6-5-10-8-12(11)14(10,2)3/h6,9-10,12H,5,7-8H2,1-4H3/t9-,10-,12-/m0/s1. The van der Waals surface area contributed by atoms with Gasteiger partial charge in [0.05, 0.1) is 13.5 Å². The maximum Gasteiger partial charge on any atom is 0.306 e. The number of carbonyl (C=O) groups excluding carboxylic acids is 1. The molecule has 0 amide bonds. The highest BCUT2D eigenvalue weighted by Gasteiger charge is 2.51. The second-order valence-corrected chi connectivity index (χ2v) is 5.93. The minimum Gasteiger partial charge on any atom is -0.469 e. The van der Waals surface area contributed by atoms with Crippen molar-refractivity contribution in [2.45, 2.75) is 40.0 Å². The number of allylic oxidation sites excluding steroid dienone is 2. The van der Waals surface area contributed by atoms with E-state index in [1.807, 2.05) is 0 Å². The lowest BCUT2D eigenvalue weighted by Gasteiger charge is -2.57. The van der Waals surface area contributed by atoms with Crippen LogP contribution in [0.25, 0.3) is 0 Å². The number of rotatable bonds is 3. The van der Waals surface area contributed by atoms with E-state index >= 15 is 0 Å². The van der Waals surface area contributed by atoms with E-state index in [2.05, 4.69) is 26.8 Å². The third kappa shape index (κ3) is 1.68. The molecular weight excluding hydrogens is 200 g/mol. The molecule has 0 unspecified atom stereocenters. The highest BCUT2D eigenvalue weighted by atomic mass is 16.5. The van der Waals surface area contributed by atoms with Gasteiger partial charge in [-0.25, -0.2) is 0 Å². The third-order valence-electron chi connectivity index (χ3n) is 4.78. The van der Waals surface area contributed by atoms with Crippen molar-refractivity contribution < 1.29 is 9.53 Å². The molecule has 1 saturated carbocycles. The van der Waals surface area contributed by atoms with Gasteiger partial charge in [-0.05, 0) is 36.0 Å². The summed E-state index contributed by atoms with van der Waals surface area (Å²) >= 11 is 0. The fraction of sp³-hybridized carbons (Fsp3) is 0.786. The van der Waals surface area contributed by atoms with Crippen LogP contribution in [0.15, 0.2) is 11.6 Å². The zero-order valence-corrected chi connectivity index (χ0v) is 10.7. The van der Waals surface area contributed by atoms with Gasteiger partial charge in [-0.3, -0.25) is 4.79 Å². The normalized spacial score (nSPS) is 32.4. The van der Waals surface area contributed by atoms with Gasteiger partial charge in [-0.15, -0.1) is 0 Å². The van der Waals surface area contributed by atoms with Gasteiger partial charge in [-0.1, -0.05) is 32.4 Å². The van der Waals surface area contributed by atoms with Gasteiger partial charge in [0.25, 0.3) is 0 Å². The topological polar surface area (TPSA) is 26.3 Å². The van der Waals surface area contributed by atoms with Crippen molar-refractivity contribution in [3.63, 3.8) is 0 Å². The van der Waals surface area contributed by atoms with E-state index in [0.29, 0.717) is 23.7 Å². The molecule has 0 heterocycles. The van der Waals surface area contributed by atoms with E-state index in [9.17, 15) is 4.79 Å². The summed E-state index contributed by atoms with van der Waals surface area (Å²) in [5.74, 6) is 1.82. The van der Waals surface area contributed by atoms with Crippen LogP contribution in [0, 0.1) is 23.2 Å². The van der Waals surface area contributed by atoms with Crippen molar-refractivity contribution in [2.75, 3.05) is 7.11 Å². The molecule has 0 radical (unpaired) electrons. The first kappa shape index (κ1) is 11.7. The zero-order chi connectivity index (χ0) is 11.9. The summed E-state index contributed by atoms with van der Waals surface area (Å²) in [6.45, 7) is 6.88. The number of fused-ring (bicyclic) bond motifs is 1. The Bertz CT molecular complexity index is 328. The molecule has 2 nitrogen and oxygen atoms in total. The summed E-state index contributed by atoms with van der Waals surface area (Å²) < 4.78 is 4.75. The van der Waals surface area contributed by atoms with E-state index in [0.717, 1.165) is 5.92 Å². The first-order valence-electron chi connectivity index (χ1n) is 6.23. The molecule has 0 saturated heterocycles. The Balaban J connectivity index is 2.05. The van der Waals surface area contributed by atoms with Crippen molar-refractivity contribution in [1.82, 2.24) is 0 Å². The number of hydrogen-bond donors (Lipinski definition) is 0. The van der Waals surface area contributed by atoms with Crippen LogP contribution in [0.5, 0.6) is 0 Å². The van der Waals surface area contributed by atoms with Gasteiger partial charge in [0, 0.05) is 0 Å². The van der Waals surface area contributed by atoms with Gasteiger partial charge >= 0.3 is 5.97 Å². The summed E-state index contributed by atoms with van der Waals surface area (Å²) in [5.41, 5.74) is 1.95. The predicted molar refractivity (Wildman–Crippen MR) is 63.9 cm³/mol. The van der Waals surface area contributed by atoms with Crippen LogP contribution in [0.1, 0.15) is 40.0 Å². The first-order chi connectivity index (χ1) is 7.46. The van der Waals surface area contributed by atoms with E-state index in [4.69, 9.17) is 4.74 Å². The van der Waals surface area contributed by atoms with Gasteiger partial charge in [0.2, 0.25) is 0 Å². The highest BCUT2D eigenvalue weighted by Crippen LogP contribution is 2.60. The molecular formula is C14H22O2.